The van der Waals surface area contributed by atoms with Gasteiger partial charge >= 0.3 is 0 Å². The molecule has 7 heavy (non-hydrogen) atoms. The van der Waals surface area contributed by atoms with Crippen molar-refractivity contribution in [3.05, 3.63) is 11.8 Å². The van der Waals surface area contributed by atoms with Crippen molar-refractivity contribution in [2.75, 3.05) is 0 Å². The van der Waals surface area contributed by atoms with Gasteiger partial charge in [0.25, 0.3) is 0 Å². The van der Waals surface area contributed by atoms with Gasteiger partial charge in [-0.3, -0.25) is 4.79 Å². The fraction of sp³-hybridized carbons (Fsp3) is 0.400. The summed E-state index contributed by atoms with van der Waals surface area (Å²) in [5.41, 5.74) is 0.991. The van der Waals surface area contributed by atoms with E-state index in [0.29, 0.717) is 6.42 Å². The molecule has 1 radical (unpaired) electrons. The van der Waals surface area contributed by atoms with E-state index in [1.807, 2.05) is 6.92 Å². The number of carbonyl (C=O) groups is 1. The summed E-state index contributed by atoms with van der Waals surface area (Å²) in [6.45, 7) is 1.87. The molecule has 1 aliphatic rings. The maximum absolute atomic E-state index is 10.3. The van der Waals surface area contributed by atoms with Crippen LogP contribution < -0.4 is 5.32 Å². The summed E-state index contributed by atoms with van der Waals surface area (Å²) in [5.74, 6) is 0.0532. The van der Waals surface area contributed by atoms with E-state index < -0.39 is 0 Å². The lowest BCUT2D eigenvalue weighted by Crippen LogP contribution is -2.09. The average Bonchev–Trinajstić information content (AvgIpc) is 1.87. The Labute approximate surface area is 42.2 Å². The van der Waals surface area contributed by atoms with Crippen molar-refractivity contribution in [2.24, 2.45) is 0 Å². The number of nitrogens with one attached hydrogen (secondary N) is 1. The molecule has 37 valence electrons. The summed E-state index contributed by atoms with van der Waals surface area (Å²) in [7, 11) is 0. The molecule has 0 aromatic rings. The van der Waals surface area contributed by atoms with Crippen LogP contribution in [0.3, 0.4) is 0 Å². The number of carbonyl (C=O) groups excluding carboxylic acids is 1. The molecule has 0 aromatic carbocycles. The first kappa shape index (κ1) is 4.37. The fourth-order valence-electron chi connectivity index (χ4n) is 0.506. The molecule has 0 unspecified atom stereocenters. The number of hydrogen-bond donors (Lipinski definition) is 1. The molecular formula is C5H6NO. The van der Waals surface area contributed by atoms with E-state index in [-0.39, 0.29) is 5.91 Å². The Bertz CT molecular complexity index is 126. The Morgan fingerprint density at radius 1 is 1.86 bits per heavy atom. The van der Waals surface area contributed by atoms with Gasteiger partial charge in [0.1, 0.15) is 0 Å². The lowest BCUT2D eigenvalue weighted by Gasteiger charge is -1.79. The van der Waals surface area contributed by atoms with E-state index >= 15 is 0 Å². The lowest BCUT2D eigenvalue weighted by molar-refractivity contribution is -0.118. The van der Waals surface area contributed by atoms with Gasteiger partial charge in [-0.2, -0.15) is 0 Å². The minimum atomic E-state index is 0.0532. The summed E-state index contributed by atoms with van der Waals surface area (Å²) in [5, 5.41) is 2.44. The predicted octanol–water partition coefficient (Wildman–Crippen LogP) is 0.213. The highest BCUT2D eigenvalue weighted by Gasteiger charge is 2.06. The highest BCUT2D eigenvalue weighted by Crippen LogP contribution is 2.01. The zero-order valence-electron chi connectivity index (χ0n) is 4.12. The van der Waals surface area contributed by atoms with Crippen molar-refractivity contribution in [1.29, 1.82) is 0 Å². The van der Waals surface area contributed by atoms with Gasteiger partial charge in [-0.05, 0) is 12.5 Å². The molecule has 0 bridgehead atoms. The largest absolute Gasteiger partial charge is 0.324 e. The summed E-state index contributed by atoms with van der Waals surface area (Å²) in [4.78, 5) is 10.3. The van der Waals surface area contributed by atoms with Crippen LogP contribution in [0, 0.1) is 6.20 Å². The highest BCUT2D eigenvalue weighted by molar-refractivity contribution is 5.81. The Balaban J connectivity index is 2.58. The van der Waals surface area contributed by atoms with E-state index in [2.05, 4.69) is 11.5 Å². The third-order valence-corrected chi connectivity index (χ3v) is 0.841. The lowest BCUT2D eigenvalue weighted by atomic mass is 10.3. The zero-order valence-corrected chi connectivity index (χ0v) is 4.12. The zero-order chi connectivity index (χ0) is 5.28. The molecule has 0 saturated heterocycles. The van der Waals surface area contributed by atoms with Gasteiger partial charge in [0.05, 0.1) is 12.6 Å². The molecule has 1 amide bonds. The Hall–Kier alpha value is -0.790. The SMILES string of the molecule is CC1=[C]NC(=O)C1. The van der Waals surface area contributed by atoms with Gasteiger partial charge in [0, 0.05) is 0 Å². The Morgan fingerprint density at radius 3 is 2.71 bits per heavy atom. The van der Waals surface area contributed by atoms with Gasteiger partial charge in [-0.1, -0.05) is 0 Å². The van der Waals surface area contributed by atoms with Crippen LogP contribution in [-0.4, -0.2) is 5.91 Å². The number of amides is 1. The first-order chi connectivity index (χ1) is 3.29. The maximum Gasteiger partial charge on any atom is 0.228 e. The molecule has 2 nitrogen and oxygen atoms in total. The summed E-state index contributed by atoms with van der Waals surface area (Å²) < 4.78 is 0. The quantitative estimate of drug-likeness (QED) is 0.459. The average molecular weight is 96.1 g/mol. The van der Waals surface area contributed by atoms with Crippen molar-refractivity contribution in [3.8, 4) is 0 Å². The highest BCUT2D eigenvalue weighted by atomic mass is 16.1. The van der Waals surface area contributed by atoms with Crippen LogP contribution in [0.1, 0.15) is 13.3 Å². The molecular weight excluding hydrogens is 90.1 g/mol. The van der Waals surface area contributed by atoms with E-state index in [9.17, 15) is 4.79 Å². The van der Waals surface area contributed by atoms with E-state index in [1.54, 1.807) is 0 Å². The molecule has 0 saturated carbocycles. The van der Waals surface area contributed by atoms with Crippen LogP contribution in [0.15, 0.2) is 5.57 Å². The smallest absolute Gasteiger partial charge is 0.228 e. The molecule has 0 spiro atoms. The van der Waals surface area contributed by atoms with Gasteiger partial charge in [0.2, 0.25) is 5.91 Å². The summed E-state index contributed by atoms with van der Waals surface area (Å²) in [6.07, 6.45) is 3.21. The number of hydrogen-bond acceptors (Lipinski definition) is 1. The molecule has 1 aliphatic heterocycles. The summed E-state index contributed by atoms with van der Waals surface area (Å²) >= 11 is 0. The second kappa shape index (κ2) is 1.37. The van der Waals surface area contributed by atoms with Crippen LogP contribution in [0.4, 0.5) is 0 Å². The monoisotopic (exact) mass is 96.0 g/mol. The number of rotatable bonds is 0. The van der Waals surface area contributed by atoms with Crippen LogP contribution in [0.2, 0.25) is 0 Å². The minimum Gasteiger partial charge on any atom is -0.324 e. The van der Waals surface area contributed by atoms with Gasteiger partial charge in [0.15, 0.2) is 0 Å². The van der Waals surface area contributed by atoms with E-state index in [1.165, 1.54) is 0 Å². The molecule has 0 atom stereocenters. The third kappa shape index (κ3) is 0.796. The van der Waals surface area contributed by atoms with Crippen molar-refractivity contribution >= 4 is 5.91 Å². The molecule has 0 aliphatic carbocycles. The maximum atomic E-state index is 10.3. The molecule has 1 heterocycles. The first-order valence-electron chi connectivity index (χ1n) is 2.16. The predicted molar refractivity (Wildman–Crippen MR) is 25.2 cm³/mol. The molecule has 1 N–H and O–H groups in total. The molecule has 0 fully saturated rings. The van der Waals surface area contributed by atoms with Crippen molar-refractivity contribution in [2.45, 2.75) is 13.3 Å². The topological polar surface area (TPSA) is 29.1 Å². The standard InChI is InChI=1S/C5H6NO/c1-4-2-5(7)6-3-4/h2H2,1H3,(H,6,7). The Morgan fingerprint density at radius 2 is 2.57 bits per heavy atom. The second-order valence-corrected chi connectivity index (χ2v) is 1.63. The van der Waals surface area contributed by atoms with Crippen molar-refractivity contribution < 1.29 is 4.79 Å². The van der Waals surface area contributed by atoms with E-state index in [4.69, 9.17) is 0 Å². The first-order valence-corrected chi connectivity index (χ1v) is 2.16. The molecule has 2 heteroatoms. The van der Waals surface area contributed by atoms with Crippen LogP contribution in [-0.2, 0) is 4.79 Å². The fourth-order valence-corrected chi connectivity index (χ4v) is 0.506. The van der Waals surface area contributed by atoms with Gasteiger partial charge in [-0.15, -0.1) is 0 Å². The van der Waals surface area contributed by atoms with Gasteiger partial charge < -0.3 is 5.32 Å². The van der Waals surface area contributed by atoms with E-state index in [0.717, 1.165) is 5.57 Å². The van der Waals surface area contributed by atoms with Crippen LogP contribution >= 0.6 is 0 Å². The van der Waals surface area contributed by atoms with Crippen LogP contribution in [0.5, 0.6) is 0 Å². The molecule has 0 aromatic heterocycles. The van der Waals surface area contributed by atoms with Crippen LogP contribution in [0.25, 0.3) is 0 Å². The second-order valence-electron chi connectivity index (χ2n) is 1.63. The van der Waals surface area contributed by atoms with Gasteiger partial charge in [-0.25, -0.2) is 0 Å². The molecule has 1 rings (SSSR count). The summed E-state index contributed by atoms with van der Waals surface area (Å²) in [6, 6.07) is 0. The van der Waals surface area contributed by atoms with Crippen molar-refractivity contribution in [3.63, 3.8) is 0 Å². The Kier molecular flexibility index (Phi) is 0.855. The van der Waals surface area contributed by atoms with Crippen molar-refractivity contribution in [1.82, 2.24) is 5.32 Å². The normalized spacial score (nSPS) is 19.0. The third-order valence-electron chi connectivity index (χ3n) is 0.841. The minimum absolute atomic E-state index is 0.0532.